The van der Waals surface area contributed by atoms with Crippen LogP contribution in [0, 0.1) is 0 Å². The highest BCUT2D eigenvalue weighted by molar-refractivity contribution is 5.81. The third-order valence-electron chi connectivity index (χ3n) is 3.91. The van der Waals surface area contributed by atoms with Crippen LogP contribution in [-0.4, -0.2) is 49.7 Å². The summed E-state index contributed by atoms with van der Waals surface area (Å²) in [6, 6.07) is 7.91. The van der Waals surface area contributed by atoms with Crippen LogP contribution in [0.15, 0.2) is 24.3 Å². The van der Waals surface area contributed by atoms with Gasteiger partial charge in [-0.05, 0) is 32.5 Å². The molecule has 2 atom stereocenters. The number of carbonyl (C=O) groups excluding carboxylic acids is 1. The topological polar surface area (TPSA) is 50.8 Å². The molecule has 5 nitrogen and oxygen atoms in total. The van der Waals surface area contributed by atoms with Gasteiger partial charge in [-0.15, -0.1) is 0 Å². The predicted octanol–water partition coefficient (Wildman–Crippen LogP) is 1.67. The monoisotopic (exact) mass is 292 g/mol. The Morgan fingerprint density at radius 3 is 2.86 bits per heavy atom. The minimum Gasteiger partial charge on any atom is -0.485 e. The summed E-state index contributed by atoms with van der Waals surface area (Å²) in [6.45, 7) is 6.03. The van der Waals surface area contributed by atoms with Crippen molar-refractivity contribution in [2.75, 3.05) is 26.7 Å². The Hall–Kier alpha value is -1.75. The van der Waals surface area contributed by atoms with Crippen LogP contribution >= 0.6 is 0 Å². The number of nitrogens with one attached hydrogen (secondary N) is 1. The molecule has 5 heteroatoms. The zero-order chi connectivity index (χ0) is 15.2. The number of benzene rings is 1. The van der Waals surface area contributed by atoms with E-state index in [4.69, 9.17) is 9.47 Å². The molecule has 1 heterocycles. The van der Waals surface area contributed by atoms with E-state index in [1.807, 2.05) is 24.3 Å². The Bertz CT molecular complexity index is 478. The maximum absolute atomic E-state index is 12.1. The predicted molar refractivity (Wildman–Crippen MR) is 81.7 cm³/mol. The molecule has 1 aromatic carbocycles. The molecule has 2 rings (SSSR count). The van der Waals surface area contributed by atoms with Crippen LogP contribution in [0.2, 0.25) is 0 Å². The number of amides is 1. The average molecular weight is 292 g/mol. The fourth-order valence-electron chi connectivity index (χ4n) is 2.15. The van der Waals surface area contributed by atoms with E-state index in [0.717, 1.165) is 13.0 Å². The molecule has 0 aliphatic carbocycles. The molecular formula is C16H24N2O3. The number of para-hydroxylation sites is 2. The van der Waals surface area contributed by atoms with Crippen molar-refractivity contribution in [1.29, 1.82) is 0 Å². The van der Waals surface area contributed by atoms with Gasteiger partial charge in [0, 0.05) is 19.1 Å². The van der Waals surface area contributed by atoms with Crippen molar-refractivity contribution in [3.05, 3.63) is 24.3 Å². The maximum atomic E-state index is 12.1. The van der Waals surface area contributed by atoms with Gasteiger partial charge in [-0.25, -0.2) is 0 Å². The van der Waals surface area contributed by atoms with Gasteiger partial charge in [0.05, 0.1) is 0 Å². The van der Waals surface area contributed by atoms with Crippen LogP contribution in [0.25, 0.3) is 0 Å². The largest absolute Gasteiger partial charge is 0.485 e. The molecule has 0 fully saturated rings. The van der Waals surface area contributed by atoms with Crippen molar-refractivity contribution in [3.8, 4) is 11.5 Å². The summed E-state index contributed by atoms with van der Waals surface area (Å²) < 4.78 is 11.2. The average Bonchev–Trinajstić information content (AvgIpc) is 2.53. The molecule has 1 amide bonds. The molecule has 0 radical (unpaired) electrons. The second kappa shape index (κ2) is 7.31. The summed E-state index contributed by atoms with van der Waals surface area (Å²) in [5.74, 6) is 1.20. The lowest BCUT2D eigenvalue weighted by atomic mass is 10.2. The first kappa shape index (κ1) is 15.6. The number of likely N-dealkylation sites (N-methyl/N-ethyl adjacent to an activating group) is 1. The van der Waals surface area contributed by atoms with E-state index < -0.39 is 6.10 Å². The number of ether oxygens (including phenoxy) is 2. The van der Waals surface area contributed by atoms with Gasteiger partial charge in [0.25, 0.3) is 5.91 Å². The SMILES string of the molecule is CC[C@H](C)N(C)CCNC(=O)[C@H]1COc2ccccc2O1. The first-order valence-electron chi connectivity index (χ1n) is 7.48. The molecule has 21 heavy (non-hydrogen) atoms. The van der Waals surface area contributed by atoms with E-state index in [1.165, 1.54) is 0 Å². The van der Waals surface area contributed by atoms with E-state index in [-0.39, 0.29) is 12.5 Å². The number of rotatable bonds is 6. The number of nitrogens with zero attached hydrogens (tertiary/aromatic N) is 1. The zero-order valence-electron chi connectivity index (χ0n) is 13.0. The lowest BCUT2D eigenvalue weighted by Gasteiger charge is -2.27. The van der Waals surface area contributed by atoms with E-state index in [0.29, 0.717) is 24.1 Å². The highest BCUT2D eigenvalue weighted by Crippen LogP contribution is 2.30. The van der Waals surface area contributed by atoms with Crippen LogP contribution in [0.1, 0.15) is 20.3 Å². The highest BCUT2D eigenvalue weighted by Gasteiger charge is 2.26. The molecule has 1 aliphatic heterocycles. The zero-order valence-corrected chi connectivity index (χ0v) is 13.0. The van der Waals surface area contributed by atoms with Crippen LogP contribution < -0.4 is 14.8 Å². The smallest absolute Gasteiger partial charge is 0.264 e. The van der Waals surface area contributed by atoms with Crippen molar-refractivity contribution in [1.82, 2.24) is 10.2 Å². The van der Waals surface area contributed by atoms with Crippen molar-refractivity contribution in [2.45, 2.75) is 32.4 Å². The van der Waals surface area contributed by atoms with Gasteiger partial charge >= 0.3 is 0 Å². The van der Waals surface area contributed by atoms with E-state index >= 15 is 0 Å². The van der Waals surface area contributed by atoms with Gasteiger partial charge in [0.2, 0.25) is 6.10 Å². The van der Waals surface area contributed by atoms with Gasteiger partial charge in [0.15, 0.2) is 11.5 Å². The van der Waals surface area contributed by atoms with Crippen molar-refractivity contribution in [2.24, 2.45) is 0 Å². The highest BCUT2D eigenvalue weighted by atomic mass is 16.6. The van der Waals surface area contributed by atoms with Crippen LogP contribution in [0.3, 0.4) is 0 Å². The molecule has 0 spiro atoms. The second-order valence-corrected chi connectivity index (χ2v) is 5.39. The number of fused-ring (bicyclic) bond motifs is 1. The molecule has 116 valence electrons. The van der Waals surface area contributed by atoms with Gasteiger partial charge in [0.1, 0.15) is 6.61 Å². The summed E-state index contributed by atoms with van der Waals surface area (Å²) in [7, 11) is 2.07. The quantitative estimate of drug-likeness (QED) is 0.866. The van der Waals surface area contributed by atoms with E-state index in [2.05, 4.69) is 31.1 Å². The third kappa shape index (κ3) is 4.11. The lowest BCUT2D eigenvalue weighted by molar-refractivity contribution is -0.130. The maximum Gasteiger partial charge on any atom is 0.264 e. The Balaban J connectivity index is 1.77. The molecular weight excluding hydrogens is 268 g/mol. The van der Waals surface area contributed by atoms with Crippen LogP contribution in [0.5, 0.6) is 11.5 Å². The fourth-order valence-corrected chi connectivity index (χ4v) is 2.15. The molecule has 0 aromatic heterocycles. The van der Waals surface area contributed by atoms with E-state index in [1.54, 1.807) is 0 Å². The summed E-state index contributed by atoms with van der Waals surface area (Å²) in [4.78, 5) is 14.3. The second-order valence-electron chi connectivity index (χ2n) is 5.39. The third-order valence-corrected chi connectivity index (χ3v) is 3.91. The molecule has 0 saturated heterocycles. The summed E-state index contributed by atoms with van der Waals surface area (Å²) in [6.07, 6.45) is 0.523. The molecule has 0 saturated carbocycles. The van der Waals surface area contributed by atoms with E-state index in [9.17, 15) is 4.79 Å². The molecule has 0 bridgehead atoms. The van der Waals surface area contributed by atoms with Gasteiger partial charge in [-0.1, -0.05) is 19.1 Å². The summed E-state index contributed by atoms with van der Waals surface area (Å²) in [5, 5.41) is 2.91. The first-order valence-corrected chi connectivity index (χ1v) is 7.48. The summed E-state index contributed by atoms with van der Waals surface area (Å²) in [5.41, 5.74) is 0. The van der Waals surface area contributed by atoms with Gasteiger partial charge < -0.3 is 19.7 Å². The minimum atomic E-state index is -0.575. The van der Waals surface area contributed by atoms with Crippen LogP contribution in [0.4, 0.5) is 0 Å². The number of hydrogen-bond donors (Lipinski definition) is 1. The molecule has 1 aromatic rings. The van der Waals surface area contributed by atoms with Crippen molar-refractivity contribution < 1.29 is 14.3 Å². The molecule has 0 unspecified atom stereocenters. The normalized spacial score (nSPS) is 18.4. The van der Waals surface area contributed by atoms with Gasteiger partial charge in [-0.2, -0.15) is 0 Å². The number of hydrogen-bond acceptors (Lipinski definition) is 4. The Labute approximate surface area is 126 Å². The van der Waals surface area contributed by atoms with Gasteiger partial charge in [-0.3, -0.25) is 4.79 Å². The fraction of sp³-hybridized carbons (Fsp3) is 0.562. The molecule has 1 aliphatic rings. The first-order chi connectivity index (χ1) is 10.1. The Morgan fingerprint density at radius 1 is 1.43 bits per heavy atom. The Morgan fingerprint density at radius 2 is 2.14 bits per heavy atom. The molecule has 1 N–H and O–H groups in total. The summed E-state index contributed by atoms with van der Waals surface area (Å²) >= 11 is 0. The lowest BCUT2D eigenvalue weighted by Crippen LogP contribution is -2.46. The number of carbonyl (C=O) groups is 1. The van der Waals surface area contributed by atoms with Crippen LogP contribution in [-0.2, 0) is 4.79 Å². The van der Waals surface area contributed by atoms with Crippen molar-refractivity contribution in [3.63, 3.8) is 0 Å². The minimum absolute atomic E-state index is 0.123. The standard InChI is InChI=1S/C16H24N2O3/c1-4-12(2)18(3)10-9-17-16(19)15-11-20-13-7-5-6-8-14(13)21-15/h5-8,12,15H,4,9-11H2,1-3H3,(H,17,19)/t12-,15+/m0/s1. The Kier molecular flexibility index (Phi) is 5.44. The van der Waals surface area contributed by atoms with Crippen molar-refractivity contribution >= 4 is 5.91 Å².